The number of aromatic amines is 2. The second-order valence-electron chi connectivity index (χ2n) is 8.99. The Morgan fingerprint density at radius 1 is 1.03 bits per heavy atom. The molecule has 2 fully saturated rings. The Hall–Kier alpha value is -2.27. The van der Waals surface area contributed by atoms with Crippen molar-refractivity contribution in [1.29, 1.82) is 0 Å². The Labute approximate surface area is 213 Å². The largest absolute Gasteiger partial charge is 0.394 e. The van der Waals surface area contributed by atoms with Crippen LogP contribution in [0.1, 0.15) is 36.4 Å². The molecule has 0 saturated carbocycles. The number of aromatic nitrogens is 4. The summed E-state index contributed by atoms with van der Waals surface area (Å²) in [5.41, 5.74) is -1.83. The molecule has 2 aromatic heterocycles. The maximum atomic E-state index is 12.2. The van der Waals surface area contributed by atoms with E-state index in [0.29, 0.717) is 11.1 Å². The number of rotatable bonds is 8. The average Bonchev–Trinajstić information content (AvgIpc) is 3.39. The number of aliphatic hydroxyl groups excluding tert-OH is 2. The summed E-state index contributed by atoms with van der Waals surface area (Å²) in [4.78, 5) is 62.7. The Morgan fingerprint density at radius 2 is 1.54 bits per heavy atom. The Kier molecular flexibility index (Phi) is 8.13. The summed E-state index contributed by atoms with van der Waals surface area (Å²) in [6.45, 7) is -1.39. The molecule has 37 heavy (non-hydrogen) atoms. The predicted molar refractivity (Wildman–Crippen MR) is 132 cm³/mol. The molecule has 0 spiro atoms. The van der Waals surface area contributed by atoms with Crippen LogP contribution in [0.5, 0.6) is 0 Å². The van der Waals surface area contributed by atoms with Gasteiger partial charge < -0.3 is 29.1 Å². The maximum Gasteiger partial charge on any atom is 0.330 e. The number of H-pyrrole nitrogens is 2. The van der Waals surface area contributed by atoms with Gasteiger partial charge in [-0.1, -0.05) is 0 Å². The van der Waals surface area contributed by atoms with Gasteiger partial charge in [-0.3, -0.25) is 28.7 Å². The van der Waals surface area contributed by atoms with E-state index in [-0.39, 0.29) is 19.4 Å². The first-order valence-corrected chi connectivity index (χ1v) is 14.0. The lowest BCUT2D eigenvalue weighted by Gasteiger charge is -2.25. The van der Waals surface area contributed by atoms with Gasteiger partial charge in [-0.25, -0.2) is 14.7 Å². The standard InChI is InChI=1S/C20H28N5O10PS/c1-9-5-24(19(30)21-17(9)28)15-3-11(13(7-26)34-15)23-36(32,37)33-8-14-12(27)4-16(35-14)25-6-10(2)18(29)22-20(25)31/h5-6,11-16,26-27H,3-4,7-8H2,1-2H3,(H,21,28,30)(H,22,29,31)(H2,23,32,37)/t11-,12-,13+,14+,15+,16+,36?/m0/s1. The van der Waals surface area contributed by atoms with Crippen LogP contribution in [-0.4, -0.2) is 71.8 Å². The second-order valence-corrected chi connectivity index (χ2v) is 12.0. The molecule has 2 aliphatic rings. The minimum absolute atomic E-state index is 0.0409. The highest BCUT2D eigenvalue weighted by molar-refractivity contribution is 8.08. The fourth-order valence-electron chi connectivity index (χ4n) is 4.26. The SMILES string of the molecule is Cc1cn([C@H]2C[C@H](NP(O)(=S)OC[C@H]3O[C@@H](n4cc(C)c(=O)[nH]c4=O)C[C@@H]3O)[C@@H](CO)O2)c(=O)[nH]c1=O. The van der Waals surface area contributed by atoms with Crippen molar-refractivity contribution in [3.8, 4) is 0 Å². The van der Waals surface area contributed by atoms with Gasteiger partial charge in [0.15, 0.2) is 0 Å². The number of nitrogens with zero attached hydrogens (tertiary/aromatic N) is 2. The van der Waals surface area contributed by atoms with Crippen LogP contribution in [0, 0.1) is 13.8 Å². The summed E-state index contributed by atoms with van der Waals surface area (Å²) in [6.07, 6.45) is -1.67. The summed E-state index contributed by atoms with van der Waals surface area (Å²) in [5.74, 6) is 0. The first-order valence-electron chi connectivity index (χ1n) is 11.4. The summed E-state index contributed by atoms with van der Waals surface area (Å²) in [7, 11) is 0. The van der Waals surface area contributed by atoms with Crippen molar-refractivity contribution in [3.63, 3.8) is 0 Å². The van der Waals surface area contributed by atoms with Crippen molar-refractivity contribution in [3.05, 3.63) is 65.2 Å². The van der Waals surface area contributed by atoms with Gasteiger partial charge in [0.1, 0.15) is 18.6 Å². The molecule has 17 heteroatoms. The minimum Gasteiger partial charge on any atom is -0.394 e. The first-order chi connectivity index (χ1) is 17.4. The van der Waals surface area contributed by atoms with Crippen molar-refractivity contribution < 1.29 is 29.1 Å². The van der Waals surface area contributed by atoms with E-state index in [1.54, 1.807) is 0 Å². The van der Waals surface area contributed by atoms with Gasteiger partial charge in [-0.2, -0.15) is 0 Å². The van der Waals surface area contributed by atoms with Gasteiger partial charge in [0, 0.05) is 42.4 Å². The Balaban J connectivity index is 1.39. The van der Waals surface area contributed by atoms with Crippen LogP contribution >= 0.6 is 6.64 Å². The normalized spacial score (nSPS) is 29.4. The van der Waals surface area contributed by atoms with Crippen LogP contribution in [-0.2, 0) is 25.8 Å². The molecule has 2 aromatic rings. The lowest BCUT2D eigenvalue weighted by Crippen LogP contribution is -2.37. The Morgan fingerprint density at radius 3 is 2.08 bits per heavy atom. The molecular formula is C20H28N5O10PS. The molecule has 4 rings (SSSR count). The minimum atomic E-state index is -3.69. The summed E-state index contributed by atoms with van der Waals surface area (Å²) in [5, 5.41) is 22.9. The third kappa shape index (κ3) is 6.08. The highest BCUT2D eigenvalue weighted by Gasteiger charge is 2.40. The van der Waals surface area contributed by atoms with Crippen LogP contribution in [0.25, 0.3) is 0 Å². The number of hydrogen-bond acceptors (Lipinski definition) is 10. The molecule has 1 unspecified atom stereocenters. The molecule has 7 atom stereocenters. The number of ether oxygens (including phenoxy) is 2. The zero-order valence-electron chi connectivity index (χ0n) is 19.9. The van der Waals surface area contributed by atoms with E-state index < -0.39 is 72.6 Å². The third-order valence-electron chi connectivity index (χ3n) is 6.28. The molecule has 15 nitrogen and oxygen atoms in total. The summed E-state index contributed by atoms with van der Waals surface area (Å²) in [6, 6.07) is -0.699. The second kappa shape index (κ2) is 10.8. The molecule has 204 valence electrons. The predicted octanol–water partition coefficient (Wildman–Crippen LogP) is -2.18. The van der Waals surface area contributed by atoms with E-state index in [1.165, 1.54) is 30.8 Å². The van der Waals surface area contributed by atoms with E-state index in [2.05, 4.69) is 15.1 Å². The maximum absolute atomic E-state index is 12.2. The molecule has 4 heterocycles. The van der Waals surface area contributed by atoms with Gasteiger partial charge >= 0.3 is 11.4 Å². The number of aliphatic hydroxyl groups is 2. The molecule has 0 amide bonds. The lowest BCUT2D eigenvalue weighted by molar-refractivity contribution is -0.0417. The topological polar surface area (TPSA) is 210 Å². The number of aryl methyl sites for hydroxylation is 2. The van der Waals surface area contributed by atoms with Crippen LogP contribution in [0.15, 0.2) is 31.6 Å². The highest BCUT2D eigenvalue weighted by atomic mass is 32.5. The molecule has 0 bridgehead atoms. The zero-order chi connectivity index (χ0) is 27.1. The third-order valence-corrected chi connectivity index (χ3v) is 8.06. The van der Waals surface area contributed by atoms with Crippen molar-refractivity contribution in [2.75, 3.05) is 13.2 Å². The smallest absolute Gasteiger partial charge is 0.330 e. The van der Waals surface area contributed by atoms with Gasteiger partial charge in [0.2, 0.25) is 0 Å². The summed E-state index contributed by atoms with van der Waals surface area (Å²) < 4.78 is 19.3. The number of nitrogens with one attached hydrogen (secondary N) is 3. The first kappa shape index (κ1) is 27.8. The van der Waals surface area contributed by atoms with E-state index in [1.807, 2.05) is 0 Å². The van der Waals surface area contributed by atoms with E-state index in [9.17, 15) is 34.3 Å². The fourth-order valence-corrected chi connectivity index (χ4v) is 5.97. The molecule has 0 aromatic carbocycles. The quantitative estimate of drug-likeness (QED) is 0.190. The van der Waals surface area contributed by atoms with E-state index in [0.717, 1.165) is 4.57 Å². The fraction of sp³-hybridized carbons (Fsp3) is 0.600. The molecule has 2 aliphatic heterocycles. The van der Waals surface area contributed by atoms with Crippen molar-refractivity contribution in [1.82, 2.24) is 24.2 Å². The van der Waals surface area contributed by atoms with Gasteiger partial charge in [-0.15, -0.1) is 0 Å². The van der Waals surface area contributed by atoms with Crippen molar-refractivity contribution >= 4 is 18.4 Å². The molecule has 0 aliphatic carbocycles. The van der Waals surface area contributed by atoms with E-state index in [4.69, 9.17) is 25.8 Å². The van der Waals surface area contributed by atoms with Crippen molar-refractivity contribution in [2.24, 2.45) is 0 Å². The van der Waals surface area contributed by atoms with Gasteiger partial charge in [0.25, 0.3) is 17.8 Å². The summed E-state index contributed by atoms with van der Waals surface area (Å²) >= 11 is 5.20. The molecule has 6 N–H and O–H groups in total. The average molecular weight is 562 g/mol. The molecule has 0 radical (unpaired) electrons. The van der Waals surface area contributed by atoms with Gasteiger partial charge in [0.05, 0.1) is 25.4 Å². The Bertz CT molecular complexity index is 1440. The van der Waals surface area contributed by atoms with E-state index >= 15 is 0 Å². The lowest BCUT2D eigenvalue weighted by atomic mass is 10.1. The van der Waals surface area contributed by atoms with Crippen molar-refractivity contribution in [2.45, 2.75) is 63.5 Å². The monoisotopic (exact) mass is 561 g/mol. The number of hydrogen-bond donors (Lipinski definition) is 6. The highest BCUT2D eigenvalue weighted by Crippen LogP contribution is 2.42. The van der Waals surface area contributed by atoms with Crippen LogP contribution in [0.2, 0.25) is 0 Å². The van der Waals surface area contributed by atoms with Crippen LogP contribution < -0.4 is 27.6 Å². The van der Waals surface area contributed by atoms with Gasteiger partial charge in [-0.05, 0) is 25.7 Å². The van der Waals surface area contributed by atoms with Crippen LogP contribution in [0.3, 0.4) is 0 Å². The van der Waals surface area contributed by atoms with Crippen LogP contribution in [0.4, 0.5) is 0 Å². The zero-order valence-corrected chi connectivity index (χ0v) is 21.6. The molecular weight excluding hydrogens is 533 g/mol. The molecule has 2 saturated heterocycles.